The topological polar surface area (TPSA) is 97.9 Å². The number of amides is 3. The van der Waals surface area contributed by atoms with Gasteiger partial charge in [-0.3, -0.25) is 9.69 Å². The number of carbonyl (C=O) groups is 2. The van der Waals surface area contributed by atoms with E-state index in [2.05, 4.69) is 15.1 Å². The summed E-state index contributed by atoms with van der Waals surface area (Å²) in [6.45, 7) is 4.48. The Balaban J connectivity index is 1.56. The molecular weight excluding hydrogens is 384 g/mol. The van der Waals surface area contributed by atoms with Crippen LogP contribution in [-0.4, -0.2) is 46.3 Å². The fourth-order valence-corrected chi connectivity index (χ4v) is 3.26. The average Bonchev–Trinajstić information content (AvgIpc) is 3.23. The first-order chi connectivity index (χ1) is 14.5. The lowest BCUT2D eigenvalue weighted by molar-refractivity contribution is -0.129. The van der Waals surface area contributed by atoms with E-state index in [4.69, 9.17) is 9.26 Å². The van der Waals surface area contributed by atoms with Gasteiger partial charge in [0.25, 0.3) is 5.89 Å². The summed E-state index contributed by atoms with van der Waals surface area (Å²) in [6.07, 6.45) is 5.88. The fourth-order valence-electron chi connectivity index (χ4n) is 3.26. The van der Waals surface area contributed by atoms with Crippen molar-refractivity contribution in [1.82, 2.24) is 15.0 Å². The number of imide groups is 1. The normalized spacial score (nSPS) is 18.4. The van der Waals surface area contributed by atoms with Crippen LogP contribution < -0.4 is 4.74 Å². The number of urea groups is 1. The maximum absolute atomic E-state index is 12.7. The van der Waals surface area contributed by atoms with Gasteiger partial charge in [-0.15, -0.1) is 0 Å². The molecule has 1 aromatic heterocycles. The highest BCUT2D eigenvalue weighted by Gasteiger charge is 2.36. The Morgan fingerprint density at radius 3 is 2.67 bits per heavy atom. The van der Waals surface area contributed by atoms with Crippen molar-refractivity contribution in [3.63, 3.8) is 0 Å². The van der Waals surface area contributed by atoms with Gasteiger partial charge in [0.2, 0.25) is 11.7 Å². The van der Waals surface area contributed by atoms with E-state index in [9.17, 15) is 9.59 Å². The number of allylic oxidation sites excluding steroid dienone is 3. The number of fused-ring (bicyclic) bond motifs is 1. The predicted molar refractivity (Wildman–Crippen MR) is 111 cm³/mol. The largest absolute Gasteiger partial charge is 0.497 e. The quantitative estimate of drug-likeness (QED) is 0.724. The van der Waals surface area contributed by atoms with Crippen LogP contribution in [0.2, 0.25) is 0 Å². The van der Waals surface area contributed by atoms with Crippen LogP contribution in [-0.2, 0) is 4.79 Å². The van der Waals surface area contributed by atoms with E-state index in [-0.39, 0.29) is 5.91 Å². The number of nitrogens with zero attached hydrogens (tertiary/aromatic N) is 4. The molecule has 0 N–H and O–H groups in total. The standard InChI is InChI=1S/C22H22N4O4/c1-13(2)10-11-26-21(27)17-9-6-15(12-18(17)23-22(26)28)20-24-19(25-30-20)14-4-7-16(29-3)8-5-14/h4-9,12-13,17H,10-11H2,1-3H3. The summed E-state index contributed by atoms with van der Waals surface area (Å²) < 4.78 is 10.5. The van der Waals surface area contributed by atoms with E-state index in [1.54, 1.807) is 25.3 Å². The van der Waals surface area contributed by atoms with Crippen molar-refractivity contribution >= 4 is 23.2 Å². The molecule has 0 radical (unpaired) electrons. The first-order valence-electron chi connectivity index (χ1n) is 9.78. The van der Waals surface area contributed by atoms with Gasteiger partial charge in [-0.25, -0.2) is 4.79 Å². The molecule has 8 heteroatoms. The molecule has 0 fully saturated rings. The highest BCUT2D eigenvalue weighted by atomic mass is 16.5. The van der Waals surface area contributed by atoms with Gasteiger partial charge < -0.3 is 9.26 Å². The van der Waals surface area contributed by atoms with Crippen LogP contribution in [0, 0.1) is 11.8 Å². The number of aromatic nitrogens is 2. The molecule has 2 aromatic rings. The van der Waals surface area contributed by atoms with E-state index in [0.717, 1.165) is 17.7 Å². The van der Waals surface area contributed by atoms with Gasteiger partial charge in [-0.2, -0.15) is 9.98 Å². The minimum atomic E-state index is -0.567. The molecule has 30 heavy (non-hydrogen) atoms. The van der Waals surface area contributed by atoms with Crippen LogP contribution in [0.4, 0.5) is 4.79 Å². The monoisotopic (exact) mass is 406 g/mol. The lowest BCUT2D eigenvalue weighted by Gasteiger charge is -2.29. The predicted octanol–water partition coefficient (Wildman–Crippen LogP) is 3.76. The van der Waals surface area contributed by atoms with E-state index in [0.29, 0.717) is 35.5 Å². The number of rotatable bonds is 6. The van der Waals surface area contributed by atoms with Gasteiger partial charge in [0.05, 0.1) is 18.7 Å². The number of carbonyl (C=O) groups excluding carboxylic acids is 2. The molecule has 8 nitrogen and oxygen atoms in total. The Morgan fingerprint density at radius 2 is 1.97 bits per heavy atom. The fraction of sp³-hybridized carbons (Fsp3) is 0.318. The summed E-state index contributed by atoms with van der Waals surface area (Å²) >= 11 is 0. The van der Waals surface area contributed by atoms with E-state index < -0.39 is 11.9 Å². The zero-order chi connectivity index (χ0) is 21.3. The Morgan fingerprint density at radius 1 is 1.20 bits per heavy atom. The van der Waals surface area contributed by atoms with Crippen LogP contribution in [0.3, 0.4) is 0 Å². The zero-order valence-electron chi connectivity index (χ0n) is 17.0. The molecule has 1 aromatic carbocycles. The maximum atomic E-state index is 12.7. The van der Waals surface area contributed by atoms with E-state index in [1.165, 1.54) is 4.90 Å². The first-order valence-corrected chi connectivity index (χ1v) is 9.78. The second-order valence-corrected chi connectivity index (χ2v) is 7.58. The number of benzene rings is 1. The van der Waals surface area contributed by atoms with Crippen molar-refractivity contribution in [2.24, 2.45) is 16.8 Å². The number of hydrogen-bond acceptors (Lipinski definition) is 6. The van der Waals surface area contributed by atoms with Gasteiger partial charge in [-0.1, -0.05) is 31.2 Å². The lowest BCUT2D eigenvalue weighted by atomic mass is 9.91. The highest BCUT2D eigenvalue weighted by molar-refractivity contribution is 6.24. The molecule has 1 aliphatic carbocycles. The van der Waals surface area contributed by atoms with Crippen molar-refractivity contribution < 1.29 is 18.8 Å². The van der Waals surface area contributed by atoms with Crippen LogP contribution in [0.25, 0.3) is 17.0 Å². The molecule has 0 spiro atoms. The van der Waals surface area contributed by atoms with Crippen molar-refractivity contribution in [1.29, 1.82) is 0 Å². The highest BCUT2D eigenvalue weighted by Crippen LogP contribution is 2.28. The van der Waals surface area contributed by atoms with Crippen LogP contribution in [0.15, 0.2) is 52.0 Å². The smallest absolute Gasteiger partial charge is 0.350 e. The zero-order valence-corrected chi connectivity index (χ0v) is 17.0. The van der Waals surface area contributed by atoms with Gasteiger partial charge in [0, 0.05) is 17.7 Å². The summed E-state index contributed by atoms with van der Waals surface area (Å²) in [6, 6.07) is 6.78. The van der Waals surface area contributed by atoms with Crippen molar-refractivity contribution in [2.75, 3.05) is 13.7 Å². The average molecular weight is 406 g/mol. The molecule has 2 heterocycles. The summed E-state index contributed by atoms with van der Waals surface area (Å²) in [4.78, 5) is 34.9. The molecule has 1 unspecified atom stereocenters. The van der Waals surface area contributed by atoms with Crippen molar-refractivity contribution in [3.05, 3.63) is 48.4 Å². The maximum Gasteiger partial charge on any atom is 0.350 e. The third-order valence-electron chi connectivity index (χ3n) is 5.03. The van der Waals surface area contributed by atoms with Gasteiger partial charge in [0.1, 0.15) is 5.75 Å². The molecule has 1 aliphatic heterocycles. The summed E-state index contributed by atoms with van der Waals surface area (Å²) in [5.74, 6) is 1.03. The molecule has 154 valence electrons. The molecule has 0 saturated carbocycles. The second-order valence-electron chi connectivity index (χ2n) is 7.58. The van der Waals surface area contributed by atoms with Gasteiger partial charge >= 0.3 is 6.03 Å². The second kappa shape index (κ2) is 8.06. The van der Waals surface area contributed by atoms with Crippen molar-refractivity contribution in [2.45, 2.75) is 20.3 Å². The molecule has 2 aliphatic rings. The minimum absolute atomic E-state index is 0.248. The van der Waals surface area contributed by atoms with E-state index in [1.807, 2.05) is 38.1 Å². The van der Waals surface area contributed by atoms with Gasteiger partial charge in [0.15, 0.2) is 0 Å². The van der Waals surface area contributed by atoms with Gasteiger partial charge in [-0.05, 0) is 42.7 Å². The Hall–Kier alpha value is -3.55. The molecule has 1 atom stereocenters. The first kappa shape index (κ1) is 19.8. The Kier molecular flexibility index (Phi) is 5.31. The summed E-state index contributed by atoms with van der Waals surface area (Å²) in [5.41, 5.74) is 1.78. The molecular formula is C22H22N4O4. The van der Waals surface area contributed by atoms with E-state index >= 15 is 0 Å². The number of methoxy groups -OCH3 is 1. The minimum Gasteiger partial charge on any atom is -0.497 e. The molecule has 4 rings (SSSR count). The Labute approximate surface area is 173 Å². The molecule has 0 saturated heterocycles. The van der Waals surface area contributed by atoms with Crippen molar-refractivity contribution in [3.8, 4) is 17.1 Å². The third kappa shape index (κ3) is 3.80. The van der Waals surface area contributed by atoms with Crippen LogP contribution in [0.1, 0.15) is 26.2 Å². The molecule has 3 amide bonds. The van der Waals surface area contributed by atoms with Crippen LogP contribution in [0.5, 0.6) is 5.75 Å². The Bertz CT molecular complexity index is 1060. The SMILES string of the molecule is COc1ccc(-c2noc(C3=CC4=NC(=O)N(CCC(C)C)C(=O)C4C=C3)n2)cc1. The number of ether oxygens (including phenoxy) is 1. The third-order valence-corrected chi connectivity index (χ3v) is 5.03. The van der Waals surface area contributed by atoms with Crippen LogP contribution >= 0.6 is 0 Å². The number of hydrogen-bond donors (Lipinski definition) is 0. The number of aliphatic imine (C=N–C) groups is 1. The lowest BCUT2D eigenvalue weighted by Crippen LogP contribution is -2.46. The molecule has 0 bridgehead atoms. The summed E-state index contributed by atoms with van der Waals surface area (Å²) in [7, 11) is 1.60. The summed E-state index contributed by atoms with van der Waals surface area (Å²) in [5, 5.41) is 4.02.